The third-order valence-electron chi connectivity index (χ3n) is 5.55. The third kappa shape index (κ3) is 3.22. The van der Waals surface area contributed by atoms with Gasteiger partial charge in [-0.1, -0.05) is 42.5 Å². The number of hydrogen-bond donors (Lipinski definition) is 1. The fourth-order valence-electron chi connectivity index (χ4n) is 4.20. The predicted octanol–water partition coefficient (Wildman–Crippen LogP) is 5.30. The summed E-state index contributed by atoms with van der Waals surface area (Å²) in [5, 5.41) is 4.96. The quantitative estimate of drug-likeness (QED) is 0.497. The molecule has 0 fully saturated rings. The minimum atomic E-state index is -0.175. The van der Waals surface area contributed by atoms with Gasteiger partial charge in [-0.15, -0.1) is 0 Å². The standard InChI is InChI=1S/C25H23N3O2/c1-2-30-22-13-12-17-7-3-4-10-20(17)24(22)25(29)27-19-9-5-8-18(15-19)21-16-26-23-11-6-14-28(21)23/h3-5,7-10,12-13,15-16H,2,6,11,14H2,1H3,(H,27,29). The predicted molar refractivity (Wildman–Crippen MR) is 119 cm³/mol. The fourth-order valence-corrected chi connectivity index (χ4v) is 4.20. The zero-order valence-electron chi connectivity index (χ0n) is 16.9. The van der Waals surface area contributed by atoms with Crippen LogP contribution in [0.4, 0.5) is 5.69 Å². The molecular weight excluding hydrogens is 374 g/mol. The lowest BCUT2D eigenvalue weighted by molar-refractivity contribution is 0.102. The first-order valence-electron chi connectivity index (χ1n) is 10.4. The molecule has 0 bridgehead atoms. The number of ether oxygens (including phenoxy) is 1. The number of fused-ring (bicyclic) bond motifs is 2. The van der Waals surface area contributed by atoms with Gasteiger partial charge in [0.1, 0.15) is 11.6 Å². The van der Waals surface area contributed by atoms with Gasteiger partial charge < -0.3 is 14.6 Å². The zero-order chi connectivity index (χ0) is 20.5. The Hall–Kier alpha value is -3.60. The van der Waals surface area contributed by atoms with Crippen molar-refractivity contribution in [2.45, 2.75) is 26.3 Å². The number of aryl methyl sites for hydroxylation is 1. The van der Waals surface area contributed by atoms with Crippen molar-refractivity contribution in [3.63, 3.8) is 0 Å². The Morgan fingerprint density at radius 1 is 1.13 bits per heavy atom. The van der Waals surface area contributed by atoms with Crippen LogP contribution in [0.3, 0.4) is 0 Å². The number of nitrogens with zero attached hydrogens (tertiary/aromatic N) is 2. The summed E-state index contributed by atoms with van der Waals surface area (Å²) in [5.74, 6) is 1.56. The summed E-state index contributed by atoms with van der Waals surface area (Å²) in [6.07, 6.45) is 4.08. The molecule has 0 atom stereocenters. The van der Waals surface area contributed by atoms with Crippen LogP contribution in [0.15, 0.2) is 66.9 Å². The van der Waals surface area contributed by atoms with Crippen molar-refractivity contribution in [3.05, 3.63) is 78.2 Å². The maximum absolute atomic E-state index is 13.3. The van der Waals surface area contributed by atoms with Crippen molar-refractivity contribution >= 4 is 22.4 Å². The molecule has 1 N–H and O–H groups in total. The fraction of sp³-hybridized carbons (Fsp3) is 0.200. The van der Waals surface area contributed by atoms with Gasteiger partial charge in [-0.2, -0.15) is 0 Å². The smallest absolute Gasteiger partial charge is 0.260 e. The molecule has 3 aromatic carbocycles. The summed E-state index contributed by atoms with van der Waals surface area (Å²) < 4.78 is 8.03. The zero-order valence-corrected chi connectivity index (χ0v) is 16.9. The molecule has 0 unspecified atom stereocenters. The maximum atomic E-state index is 13.3. The first-order chi connectivity index (χ1) is 14.7. The Morgan fingerprint density at radius 3 is 2.93 bits per heavy atom. The van der Waals surface area contributed by atoms with Crippen LogP contribution in [0.1, 0.15) is 29.5 Å². The van der Waals surface area contributed by atoms with E-state index in [1.807, 2.05) is 67.7 Å². The minimum Gasteiger partial charge on any atom is -0.493 e. The Bertz CT molecular complexity index is 1240. The number of hydrogen-bond acceptors (Lipinski definition) is 3. The van der Waals surface area contributed by atoms with Crippen molar-refractivity contribution in [2.75, 3.05) is 11.9 Å². The lowest BCUT2D eigenvalue weighted by atomic mass is 10.0. The monoisotopic (exact) mass is 397 g/mol. The number of amides is 1. The van der Waals surface area contributed by atoms with Gasteiger partial charge in [-0.3, -0.25) is 4.79 Å². The molecule has 0 spiro atoms. The van der Waals surface area contributed by atoms with E-state index in [1.54, 1.807) is 0 Å². The Kier molecular flexibility index (Phi) is 4.71. The SMILES string of the molecule is CCOc1ccc2ccccc2c1C(=O)Nc1cccc(-c2cnc3n2CCC3)c1. The van der Waals surface area contributed by atoms with Crippen molar-refractivity contribution in [2.24, 2.45) is 0 Å². The molecule has 0 saturated carbocycles. The van der Waals surface area contributed by atoms with Crippen LogP contribution in [-0.4, -0.2) is 22.1 Å². The second-order valence-corrected chi connectivity index (χ2v) is 7.44. The van der Waals surface area contributed by atoms with Gasteiger partial charge in [0.05, 0.1) is 24.1 Å². The van der Waals surface area contributed by atoms with Gasteiger partial charge in [0.15, 0.2) is 0 Å². The Balaban J connectivity index is 1.50. The van der Waals surface area contributed by atoms with Crippen LogP contribution in [0.2, 0.25) is 0 Å². The molecule has 4 aromatic rings. The van der Waals surface area contributed by atoms with Crippen molar-refractivity contribution in [3.8, 4) is 17.0 Å². The molecule has 5 nitrogen and oxygen atoms in total. The van der Waals surface area contributed by atoms with Gasteiger partial charge in [0, 0.05) is 24.2 Å². The van der Waals surface area contributed by atoms with Crippen LogP contribution in [0.5, 0.6) is 5.75 Å². The second-order valence-electron chi connectivity index (χ2n) is 7.44. The van der Waals surface area contributed by atoms with E-state index in [-0.39, 0.29) is 5.91 Å². The Labute approximate surface area is 175 Å². The molecule has 1 amide bonds. The number of carbonyl (C=O) groups is 1. The van der Waals surface area contributed by atoms with E-state index in [9.17, 15) is 4.79 Å². The van der Waals surface area contributed by atoms with Crippen LogP contribution in [0, 0.1) is 0 Å². The molecule has 5 rings (SSSR count). The van der Waals surface area contributed by atoms with Gasteiger partial charge in [0.2, 0.25) is 0 Å². The third-order valence-corrected chi connectivity index (χ3v) is 5.55. The number of rotatable bonds is 5. The molecule has 0 radical (unpaired) electrons. The van der Waals surface area contributed by atoms with E-state index < -0.39 is 0 Å². The highest BCUT2D eigenvalue weighted by Crippen LogP contribution is 2.31. The van der Waals surface area contributed by atoms with E-state index in [0.717, 1.165) is 52.9 Å². The van der Waals surface area contributed by atoms with Crippen molar-refractivity contribution in [1.82, 2.24) is 9.55 Å². The summed E-state index contributed by atoms with van der Waals surface area (Å²) in [6.45, 7) is 3.42. The van der Waals surface area contributed by atoms with Crippen LogP contribution < -0.4 is 10.1 Å². The second kappa shape index (κ2) is 7.67. The summed E-state index contributed by atoms with van der Waals surface area (Å²) in [6, 6.07) is 19.7. The number of imidazole rings is 1. The van der Waals surface area contributed by atoms with E-state index in [1.165, 1.54) is 0 Å². The van der Waals surface area contributed by atoms with Crippen molar-refractivity contribution in [1.29, 1.82) is 0 Å². The van der Waals surface area contributed by atoms with Crippen LogP contribution in [-0.2, 0) is 13.0 Å². The number of anilines is 1. The maximum Gasteiger partial charge on any atom is 0.260 e. The average Bonchev–Trinajstić information content (AvgIpc) is 3.38. The summed E-state index contributed by atoms with van der Waals surface area (Å²) >= 11 is 0. The van der Waals surface area contributed by atoms with Gasteiger partial charge >= 0.3 is 0 Å². The molecule has 1 aromatic heterocycles. The molecule has 5 heteroatoms. The molecule has 30 heavy (non-hydrogen) atoms. The van der Waals surface area contributed by atoms with E-state index in [4.69, 9.17) is 4.74 Å². The van der Waals surface area contributed by atoms with Crippen molar-refractivity contribution < 1.29 is 9.53 Å². The van der Waals surface area contributed by atoms with Crippen LogP contribution in [0.25, 0.3) is 22.0 Å². The number of nitrogens with one attached hydrogen (secondary N) is 1. The average molecular weight is 397 g/mol. The summed E-state index contributed by atoms with van der Waals surface area (Å²) in [7, 11) is 0. The molecule has 2 heterocycles. The normalized spacial score (nSPS) is 12.7. The van der Waals surface area contributed by atoms with Gasteiger partial charge in [-0.05, 0) is 42.3 Å². The first kappa shape index (κ1) is 18.4. The lowest BCUT2D eigenvalue weighted by Crippen LogP contribution is -2.14. The lowest BCUT2D eigenvalue weighted by Gasteiger charge is -2.14. The van der Waals surface area contributed by atoms with E-state index in [0.29, 0.717) is 17.9 Å². The molecule has 1 aliphatic rings. The van der Waals surface area contributed by atoms with Gasteiger partial charge in [-0.25, -0.2) is 4.98 Å². The molecule has 150 valence electrons. The molecule has 0 aliphatic carbocycles. The van der Waals surface area contributed by atoms with Crippen LogP contribution >= 0.6 is 0 Å². The summed E-state index contributed by atoms with van der Waals surface area (Å²) in [5.41, 5.74) is 3.46. The largest absolute Gasteiger partial charge is 0.493 e. The topological polar surface area (TPSA) is 56.1 Å². The number of benzene rings is 3. The van der Waals surface area contributed by atoms with E-state index >= 15 is 0 Å². The molecular formula is C25H23N3O2. The highest BCUT2D eigenvalue weighted by Gasteiger charge is 2.19. The first-order valence-corrected chi connectivity index (χ1v) is 10.4. The highest BCUT2D eigenvalue weighted by molar-refractivity contribution is 6.15. The number of aromatic nitrogens is 2. The summed E-state index contributed by atoms with van der Waals surface area (Å²) in [4.78, 5) is 17.8. The molecule has 1 aliphatic heterocycles. The number of carbonyl (C=O) groups excluding carboxylic acids is 1. The minimum absolute atomic E-state index is 0.175. The van der Waals surface area contributed by atoms with Gasteiger partial charge in [0.25, 0.3) is 5.91 Å². The molecule has 0 saturated heterocycles. The Morgan fingerprint density at radius 2 is 2.03 bits per heavy atom. The van der Waals surface area contributed by atoms with E-state index in [2.05, 4.69) is 20.9 Å². The highest BCUT2D eigenvalue weighted by atomic mass is 16.5.